The van der Waals surface area contributed by atoms with E-state index in [1.54, 1.807) is 11.8 Å². The maximum atomic E-state index is 13.6. The summed E-state index contributed by atoms with van der Waals surface area (Å²) in [4.78, 5) is 12.0. The van der Waals surface area contributed by atoms with Gasteiger partial charge in [-0.15, -0.1) is 0 Å². The van der Waals surface area contributed by atoms with Crippen molar-refractivity contribution in [3.8, 4) is 0 Å². The number of halogens is 1. The summed E-state index contributed by atoms with van der Waals surface area (Å²) in [5.74, 6) is -0.931. The zero-order chi connectivity index (χ0) is 13.9. The number of anilines is 1. The number of rotatable bonds is 4. The summed E-state index contributed by atoms with van der Waals surface area (Å²) in [6, 6.07) is 4.15. The van der Waals surface area contributed by atoms with Crippen LogP contribution in [0.1, 0.15) is 36.0 Å². The van der Waals surface area contributed by atoms with Gasteiger partial charge >= 0.3 is 0 Å². The molecule has 19 heavy (non-hydrogen) atoms. The normalized spacial score (nSPS) is 17.4. The number of nitrogens with two attached hydrogens (primary N) is 1. The van der Waals surface area contributed by atoms with Crippen molar-refractivity contribution in [3.05, 3.63) is 29.6 Å². The number of benzene rings is 1. The Labute approximate surface area is 117 Å². The third-order valence-corrected chi connectivity index (χ3v) is 5.18. The lowest BCUT2D eigenvalue weighted by molar-refractivity contribution is 0.0945. The van der Waals surface area contributed by atoms with Gasteiger partial charge in [0.05, 0.1) is 5.56 Å². The minimum absolute atomic E-state index is 0.0587. The van der Waals surface area contributed by atoms with Crippen molar-refractivity contribution >= 4 is 23.4 Å². The van der Waals surface area contributed by atoms with Gasteiger partial charge in [-0.1, -0.05) is 12.8 Å². The second-order valence-electron chi connectivity index (χ2n) is 5.02. The molecule has 0 atom stereocenters. The fourth-order valence-electron chi connectivity index (χ4n) is 2.52. The van der Waals surface area contributed by atoms with Gasteiger partial charge in [0.1, 0.15) is 5.82 Å². The maximum Gasteiger partial charge on any atom is 0.254 e. The molecule has 0 aliphatic heterocycles. The van der Waals surface area contributed by atoms with E-state index >= 15 is 0 Å². The first-order valence-corrected chi connectivity index (χ1v) is 7.67. The molecule has 104 valence electrons. The van der Waals surface area contributed by atoms with Gasteiger partial charge < -0.3 is 11.1 Å². The van der Waals surface area contributed by atoms with Crippen LogP contribution < -0.4 is 11.1 Å². The van der Waals surface area contributed by atoms with E-state index in [-0.39, 0.29) is 16.2 Å². The van der Waals surface area contributed by atoms with Gasteiger partial charge in [-0.2, -0.15) is 11.8 Å². The molecule has 0 heterocycles. The number of thioether (sulfide) groups is 1. The highest BCUT2D eigenvalue weighted by atomic mass is 32.2. The number of hydrogen-bond donors (Lipinski definition) is 2. The first-order valence-electron chi connectivity index (χ1n) is 6.45. The summed E-state index contributed by atoms with van der Waals surface area (Å²) in [5, 5.41) is 2.85. The van der Waals surface area contributed by atoms with Crippen LogP contribution in [-0.4, -0.2) is 23.5 Å². The molecule has 0 bridgehead atoms. The van der Waals surface area contributed by atoms with E-state index in [0.717, 1.165) is 12.8 Å². The molecule has 0 spiro atoms. The maximum absolute atomic E-state index is 13.6. The quantitative estimate of drug-likeness (QED) is 0.835. The third-order valence-electron chi connectivity index (χ3n) is 3.76. The lowest BCUT2D eigenvalue weighted by atomic mass is 10.1. The number of amides is 1. The Kier molecular flexibility index (Phi) is 4.34. The minimum atomic E-state index is -0.567. The van der Waals surface area contributed by atoms with E-state index in [0.29, 0.717) is 12.2 Å². The highest BCUT2D eigenvalue weighted by molar-refractivity contribution is 8.00. The molecule has 0 aromatic heterocycles. The predicted octanol–water partition coefficient (Wildman–Crippen LogP) is 2.81. The highest BCUT2D eigenvalue weighted by Gasteiger charge is 2.33. The summed E-state index contributed by atoms with van der Waals surface area (Å²) in [6.07, 6.45) is 6.69. The van der Waals surface area contributed by atoms with Crippen LogP contribution in [0.4, 0.5) is 10.1 Å². The molecule has 1 aliphatic rings. The minimum Gasteiger partial charge on any atom is -0.399 e. The van der Waals surface area contributed by atoms with Crippen LogP contribution in [0.2, 0.25) is 0 Å². The summed E-state index contributed by atoms with van der Waals surface area (Å²) >= 11 is 1.80. The topological polar surface area (TPSA) is 55.1 Å². The smallest absolute Gasteiger partial charge is 0.254 e. The molecule has 3 nitrogen and oxygen atoms in total. The van der Waals surface area contributed by atoms with Crippen LogP contribution in [0.3, 0.4) is 0 Å². The van der Waals surface area contributed by atoms with Crippen LogP contribution in [-0.2, 0) is 0 Å². The zero-order valence-electron chi connectivity index (χ0n) is 11.0. The van der Waals surface area contributed by atoms with Crippen molar-refractivity contribution in [1.29, 1.82) is 0 Å². The molecule has 1 aromatic rings. The van der Waals surface area contributed by atoms with E-state index in [9.17, 15) is 9.18 Å². The van der Waals surface area contributed by atoms with E-state index in [4.69, 9.17) is 5.73 Å². The van der Waals surface area contributed by atoms with E-state index in [2.05, 4.69) is 11.6 Å². The summed E-state index contributed by atoms with van der Waals surface area (Å²) in [6.45, 7) is 0.594. The van der Waals surface area contributed by atoms with Gasteiger partial charge in [0, 0.05) is 17.0 Å². The number of nitrogen functional groups attached to an aromatic ring is 1. The first kappa shape index (κ1) is 14.2. The fraction of sp³-hybridized carbons (Fsp3) is 0.500. The molecular formula is C14H19FN2OS. The molecule has 0 radical (unpaired) electrons. The van der Waals surface area contributed by atoms with Gasteiger partial charge in [0.25, 0.3) is 5.91 Å². The molecular weight excluding hydrogens is 263 g/mol. The van der Waals surface area contributed by atoms with Crippen molar-refractivity contribution in [1.82, 2.24) is 5.32 Å². The Morgan fingerprint density at radius 2 is 2.16 bits per heavy atom. The number of nitrogens with one attached hydrogen (secondary N) is 1. The Hall–Kier alpha value is -1.23. The van der Waals surface area contributed by atoms with Gasteiger partial charge in [-0.3, -0.25) is 4.79 Å². The monoisotopic (exact) mass is 282 g/mol. The van der Waals surface area contributed by atoms with Crippen molar-refractivity contribution in [2.24, 2.45) is 0 Å². The van der Waals surface area contributed by atoms with E-state index in [1.807, 2.05) is 0 Å². The zero-order valence-corrected chi connectivity index (χ0v) is 11.9. The first-order chi connectivity index (χ1) is 9.06. The molecule has 3 N–H and O–H groups in total. The Morgan fingerprint density at radius 3 is 2.74 bits per heavy atom. The number of carbonyl (C=O) groups excluding carboxylic acids is 1. The van der Waals surface area contributed by atoms with Gasteiger partial charge in [0.2, 0.25) is 0 Å². The van der Waals surface area contributed by atoms with Crippen molar-refractivity contribution in [3.63, 3.8) is 0 Å². The molecule has 5 heteroatoms. The fourth-order valence-corrected chi connectivity index (χ4v) is 3.44. The molecule has 1 aromatic carbocycles. The second kappa shape index (κ2) is 5.82. The molecule has 0 unspecified atom stereocenters. The number of carbonyl (C=O) groups is 1. The Bertz CT molecular complexity index is 473. The van der Waals surface area contributed by atoms with E-state index < -0.39 is 5.82 Å². The molecule has 1 fully saturated rings. The SMILES string of the molecule is CSC1(CNC(=O)c2ccc(N)cc2F)CCCC1. The van der Waals surface area contributed by atoms with Crippen molar-refractivity contribution < 1.29 is 9.18 Å². The average Bonchev–Trinajstić information content (AvgIpc) is 2.85. The van der Waals surface area contributed by atoms with Crippen LogP contribution in [0.5, 0.6) is 0 Å². The summed E-state index contributed by atoms with van der Waals surface area (Å²) in [5.41, 5.74) is 5.85. The largest absolute Gasteiger partial charge is 0.399 e. The van der Waals surface area contributed by atoms with Crippen LogP contribution in [0.15, 0.2) is 18.2 Å². The Morgan fingerprint density at radius 1 is 1.47 bits per heavy atom. The third kappa shape index (κ3) is 3.21. The molecule has 1 amide bonds. The van der Waals surface area contributed by atoms with Crippen molar-refractivity contribution in [2.45, 2.75) is 30.4 Å². The molecule has 1 saturated carbocycles. The average molecular weight is 282 g/mol. The summed E-state index contributed by atoms with van der Waals surface area (Å²) in [7, 11) is 0. The van der Waals surface area contributed by atoms with Crippen LogP contribution in [0.25, 0.3) is 0 Å². The van der Waals surface area contributed by atoms with Gasteiger partial charge in [-0.05, 0) is 37.3 Å². The molecule has 2 rings (SSSR count). The second-order valence-corrected chi connectivity index (χ2v) is 6.29. The molecule has 1 aliphatic carbocycles. The predicted molar refractivity (Wildman–Crippen MR) is 77.9 cm³/mol. The Balaban J connectivity index is 2.01. The van der Waals surface area contributed by atoms with Gasteiger partial charge in [-0.25, -0.2) is 4.39 Å². The summed E-state index contributed by atoms with van der Waals surface area (Å²) < 4.78 is 13.8. The number of hydrogen-bond acceptors (Lipinski definition) is 3. The van der Waals surface area contributed by atoms with Crippen LogP contribution in [0, 0.1) is 5.82 Å². The lowest BCUT2D eigenvalue weighted by Crippen LogP contribution is -2.38. The van der Waals surface area contributed by atoms with Crippen LogP contribution >= 0.6 is 11.8 Å². The standard InChI is InChI=1S/C14H19FN2OS/c1-19-14(6-2-3-7-14)9-17-13(18)11-5-4-10(16)8-12(11)15/h4-5,8H,2-3,6-7,9,16H2,1H3,(H,17,18). The lowest BCUT2D eigenvalue weighted by Gasteiger charge is -2.26. The van der Waals surface area contributed by atoms with Gasteiger partial charge in [0.15, 0.2) is 0 Å². The van der Waals surface area contributed by atoms with E-state index in [1.165, 1.54) is 31.0 Å². The highest BCUT2D eigenvalue weighted by Crippen LogP contribution is 2.39. The molecule has 0 saturated heterocycles. The van der Waals surface area contributed by atoms with Crippen molar-refractivity contribution in [2.75, 3.05) is 18.5 Å².